The Bertz CT molecular complexity index is 619. The molecule has 2 aliphatic heterocycles. The Morgan fingerprint density at radius 3 is 2.76 bits per heavy atom. The predicted molar refractivity (Wildman–Crippen MR) is 69.3 cm³/mol. The quantitative estimate of drug-likeness (QED) is 0.680. The average molecular weight is 295 g/mol. The zero-order chi connectivity index (χ0) is 15.2. The van der Waals surface area contributed by atoms with Gasteiger partial charge in [0.1, 0.15) is 11.2 Å². The molecule has 112 valence electrons. The van der Waals surface area contributed by atoms with Gasteiger partial charge in [0.05, 0.1) is 23.2 Å². The Balaban J connectivity index is 1.94. The minimum atomic E-state index is -1.11. The number of fused-ring (bicyclic) bond motifs is 2. The van der Waals surface area contributed by atoms with Crippen LogP contribution in [0.15, 0.2) is 18.2 Å². The Labute approximate surface area is 119 Å². The molecule has 0 radical (unpaired) electrons. The SMILES string of the molecule is O=C(O)C1(Cc2cc(F)cc([N+](=O)[O-])c2)CC2CCC1O2. The zero-order valence-electron chi connectivity index (χ0n) is 11.1. The molecule has 0 aliphatic carbocycles. The summed E-state index contributed by atoms with van der Waals surface area (Å²) >= 11 is 0. The van der Waals surface area contributed by atoms with Crippen LogP contribution in [-0.2, 0) is 16.0 Å². The van der Waals surface area contributed by atoms with Crippen LogP contribution in [-0.4, -0.2) is 28.2 Å². The first kappa shape index (κ1) is 13.9. The van der Waals surface area contributed by atoms with Gasteiger partial charge >= 0.3 is 5.97 Å². The topological polar surface area (TPSA) is 89.7 Å². The van der Waals surface area contributed by atoms with Crippen molar-refractivity contribution in [1.82, 2.24) is 0 Å². The van der Waals surface area contributed by atoms with Crippen LogP contribution < -0.4 is 0 Å². The Morgan fingerprint density at radius 1 is 1.48 bits per heavy atom. The maximum absolute atomic E-state index is 13.5. The van der Waals surface area contributed by atoms with Crippen molar-refractivity contribution in [2.75, 3.05) is 0 Å². The van der Waals surface area contributed by atoms with E-state index in [2.05, 4.69) is 0 Å². The van der Waals surface area contributed by atoms with Gasteiger partial charge in [-0.1, -0.05) is 0 Å². The summed E-state index contributed by atoms with van der Waals surface area (Å²) in [5.74, 6) is -1.72. The van der Waals surface area contributed by atoms with Gasteiger partial charge in [-0.25, -0.2) is 4.39 Å². The fourth-order valence-corrected chi connectivity index (χ4v) is 3.49. The van der Waals surface area contributed by atoms with Crippen molar-refractivity contribution in [3.05, 3.63) is 39.7 Å². The number of halogens is 1. The number of carboxylic acids is 1. The van der Waals surface area contributed by atoms with E-state index in [1.807, 2.05) is 0 Å². The molecule has 0 aromatic heterocycles. The summed E-state index contributed by atoms with van der Waals surface area (Å²) < 4.78 is 19.1. The third-order valence-electron chi connectivity index (χ3n) is 4.41. The van der Waals surface area contributed by atoms with Crippen molar-refractivity contribution in [3.8, 4) is 0 Å². The Kier molecular flexibility index (Phi) is 3.16. The van der Waals surface area contributed by atoms with Crippen molar-refractivity contribution < 1.29 is 24.0 Å². The molecule has 3 unspecified atom stereocenters. The standard InChI is InChI=1S/C14H14FNO5/c15-9-3-8(4-10(5-9)16(19)20)6-14(13(17)18)7-11-1-2-12(14)21-11/h3-5,11-12H,1-2,6-7H2,(H,17,18). The summed E-state index contributed by atoms with van der Waals surface area (Å²) in [7, 11) is 0. The lowest BCUT2D eigenvalue weighted by atomic mass is 9.70. The van der Waals surface area contributed by atoms with E-state index in [0.717, 1.165) is 18.6 Å². The van der Waals surface area contributed by atoms with Gasteiger partial charge in [-0.2, -0.15) is 0 Å². The normalized spacial score (nSPS) is 30.5. The van der Waals surface area contributed by atoms with Gasteiger partial charge in [-0.3, -0.25) is 14.9 Å². The van der Waals surface area contributed by atoms with Crippen molar-refractivity contribution in [3.63, 3.8) is 0 Å². The number of aliphatic carboxylic acids is 1. The predicted octanol–water partition coefficient (Wildman–Crippen LogP) is 2.30. The van der Waals surface area contributed by atoms with E-state index >= 15 is 0 Å². The number of carboxylic acid groups (broad SMARTS) is 1. The van der Waals surface area contributed by atoms with E-state index in [0.29, 0.717) is 18.4 Å². The molecule has 1 aromatic rings. The van der Waals surface area contributed by atoms with E-state index in [4.69, 9.17) is 4.74 Å². The van der Waals surface area contributed by atoms with Crippen LogP contribution in [0, 0.1) is 21.3 Å². The number of rotatable bonds is 4. The van der Waals surface area contributed by atoms with Crippen LogP contribution in [0.3, 0.4) is 0 Å². The van der Waals surface area contributed by atoms with Gasteiger partial charge in [-0.05, 0) is 37.3 Å². The Morgan fingerprint density at radius 2 is 2.24 bits per heavy atom. The van der Waals surface area contributed by atoms with Crippen molar-refractivity contribution in [1.29, 1.82) is 0 Å². The molecule has 0 amide bonds. The third-order valence-corrected chi connectivity index (χ3v) is 4.41. The molecule has 3 atom stereocenters. The summed E-state index contributed by atoms with van der Waals surface area (Å²) in [5, 5.41) is 20.4. The number of hydrogen-bond acceptors (Lipinski definition) is 4. The molecule has 0 spiro atoms. The van der Waals surface area contributed by atoms with Crippen molar-refractivity contribution in [2.45, 2.75) is 37.9 Å². The zero-order valence-corrected chi connectivity index (χ0v) is 11.1. The molecule has 1 N–H and O–H groups in total. The van der Waals surface area contributed by atoms with Gasteiger partial charge in [0.2, 0.25) is 0 Å². The highest BCUT2D eigenvalue weighted by atomic mass is 19.1. The maximum atomic E-state index is 13.5. The van der Waals surface area contributed by atoms with Crippen molar-refractivity contribution in [2.24, 2.45) is 5.41 Å². The van der Waals surface area contributed by atoms with Gasteiger partial charge < -0.3 is 9.84 Å². The third kappa shape index (κ3) is 2.27. The molecule has 2 aliphatic rings. The van der Waals surface area contributed by atoms with E-state index in [-0.39, 0.29) is 18.2 Å². The van der Waals surface area contributed by atoms with Crippen LogP contribution in [0.4, 0.5) is 10.1 Å². The van der Waals surface area contributed by atoms with E-state index < -0.39 is 28.2 Å². The largest absolute Gasteiger partial charge is 0.481 e. The fourth-order valence-electron chi connectivity index (χ4n) is 3.49. The van der Waals surface area contributed by atoms with E-state index in [9.17, 15) is 24.4 Å². The van der Waals surface area contributed by atoms with E-state index in [1.54, 1.807) is 0 Å². The van der Waals surface area contributed by atoms with E-state index in [1.165, 1.54) is 6.07 Å². The number of nitrogens with zero attached hydrogens (tertiary/aromatic N) is 1. The summed E-state index contributed by atoms with van der Waals surface area (Å²) in [5.41, 5.74) is -1.15. The highest BCUT2D eigenvalue weighted by Gasteiger charge is 2.57. The second kappa shape index (κ2) is 4.77. The van der Waals surface area contributed by atoms with Gasteiger partial charge in [0, 0.05) is 6.07 Å². The van der Waals surface area contributed by atoms with Crippen LogP contribution in [0.1, 0.15) is 24.8 Å². The highest BCUT2D eigenvalue weighted by molar-refractivity contribution is 5.77. The minimum Gasteiger partial charge on any atom is -0.481 e. The lowest BCUT2D eigenvalue weighted by Gasteiger charge is -2.31. The highest BCUT2D eigenvalue weighted by Crippen LogP contribution is 2.50. The first-order chi connectivity index (χ1) is 9.90. The molecule has 6 nitrogen and oxygen atoms in total. The first-order valence-corrected chi connectivity index (χ1v) is 6.73. The average Bonchev–Trinajstić information content (AvgIpc) is 2.98. The molecule has 3 rings (SSSR count). The number of carbonyl (C=O) groups is 1. The Hall–Kier alpha value is -2.02. The molecule has 2 bridgehead atoms. The van der Waals surface area contributed by atoms with Crippen LogP contribution >= 0.6 is 0 Å². The smallest absolute Gasteiger partial charge is 0.312 e. The molecule has 1 aromatic carbocycles. The van der Waals surface area contributed by atoms with Crippen LogP contribution in [0.2, 0.25) is 0 Å². The second-order valence-electron chi connectivity index (χ2n) is 5.74. The molecule has 0 saturated carbocycles. The number of benzene rings is 1. The number of hydrogen-bond donors (Lipinski definition) is 1. The summed E-state index contributed by atoms with van der Waals surface area (Å²) in [6.45, 7) is 0. The molecule has 2 fully saturated rings. The summed E-state index contributed by atoms with van der Waals surface area (Å²) in [6, 6.07) is 3.22. The number of non-ortho nitro benzene ring substituents is 1. The first-order valence-electron chi connectivity index (χ1n) is 6.73. The monoisotopic (exact) mass is 295 g/mol. The lowest BCUT2D eigenvalue weighted by molar-refractivity contribution is -0.385. The lowest BCUT2D eigenvalue weighted by Crippen LogP contribution is -2.42. The summed E-state index contributed by atoms with van der Waals surface area (Å²) in [4.78, 5) is 21.8. The van der Waals surface area contributed by atoms with Gasteiger partial charge in [0.25, 0.3) is 5.69 Å². The second-order valence-corrected chi connectivity index (χ2v) is 5.74. The van der Waals surface area contributed by atoms with Crippen LogP contribution in [0.5, 0.6) is 0 Å². The minimum absolute atomic E-state index is 0.0438. The molecular formula is C14H14FNO5. The number of nitro benzene ring substituents is 1. The number of nitro groups is 1. The summed E-state index contributed by atoms with van der Waals surface area (Å²) in [6.07, 6.45) is 1.44. The molecular weight excluding hydrogens is 281 g/mol. The van der Waals surface area contributed by atoms with Gasteiger partial charge in [-0.15, -0.1) is 0 Å². The van der Waals surface area contributed by atoms with Crippen LogP contribution in [0.25, 0.3) is 0 Å². The molecule has 2 saturated heterocycles. The molecule has 21 heavy (non-hydrogen) atoms. The maximum Gasteiger partial charge on any atom is 0.312 e. The van der Waals surface area contributed by atoms with Gasteiger partial charge in [0.15, 0.2) is 0 Å². The number of ether oxygens (including phenoxy) is 1. The molecule has 2 heterocycles. The fraction of sp³-hybridized carbons (Fsp3) is 0.500. The van der Waals surface area contributed by atoms with Crippen molar-refractivity contribution >= 4 is 11.7 Å². The molecule has 7 heteroatoms.